The van der Waals surface area contributed by atoms with Gasteiger partial charge >= 0.3 is 0 Å². The number of nitrogens with zero attached hydrogens (tertiary/aromatic N) is 1. The highest BCUT2D eigenvalue weighted by atomic mass is 16.6. The summed E-state index contributed by atoms with van der Waals surface area (Å²) in [6.45, 7) is 1.91. The number of aryl methyl sites for hydroxylation is 1. The first-order valence-electron chi connectivity index (χ1n) is 5.44. The van der Waals surface area contributed by atoms with E-state index in [1.54, 1.807) is 24.3 Å². The first-order valence-corrected chi connectivity index (χ1v) is 5.44. The van der Waals surface area contributed by atoms with Gasteiger partial charge in [0.05, 0.1) is 4.92 Å². The van der Waals surface area contributed by atoms with E-state index in [1.165, 1.54) is 6.07 Å². The molecule has 2 aromatic carbocycles. The van der Waals surface area contributed by atoms with Gasteiger partial charge in [0, 0.05) is 17.4 Å². The summed E-state index contributed by atoms with van der Waals surface area (Å²) >= 11 is 0. The summed E-state index contributed by atoms with van der Waals surface area (Å²) in [5.41, 5.74) is 8.64. The van der Waals surface area contributed by atoms with Gasteiger partial charge in [0.25, 0.3) is 5.69 Å². The van der Waals surface area contributed by atoms with Crippen LogP contribution in [0.4, 0.5) is 22.7 Å². The number of nitro benzene ring substituents is 1. The first-order chi connectivity index (χ1) is 8.58. The SMILES string of the molecule is Cc1ccc(Nc2ccccc2[N+](=O)[O-])cc1N. The van der Waals surface area contributed by atoms with Gasteiger partial charge in [0.15, 0.2) is 0 Å². The van der Waals surface area contributed by atoms with Crippen molar-refractivity contribution in [1.29, 1.82) is 0 Å². The normalized spacial score (nSPS) is 10.1. The fourth-order valence-electron chi connectivity index (χ4n) is 1.61. The van der Waals surface area contributed by atoms with Gasteiger partial charge in [0.2, 0.25) is 0 Å². The minimum absolute atomic E-state index is 0.0386. The van der Waals surface area contributed by atoms with E-state index in [-0.39, 0.29) is 5.69 Å². The number of hydrogen-bond acceptors (Lipinski definition) is 4. The monoisotopic (exact) mass is 243 g/mol. The number of nitrogens with two attached hydrogens (primary N) is 1. The lowest BCUT2D eigenvalue weighted by molar-refractivity contribution is -0.383. The molecule has 5 heteroatoms. The number of hydrogen-bond donors (Lipinski definition) is 2. The van der Waals surface area contributed by atoms with Gasteiger partial charge in [-0.25, -0.2) is 0 Å². The average Bonchev–Trinajstić information content (AvgIpc) is 2.34. The summed E-state index contributed by atoms with van der Waals surface area (Å²) in [5, 5.41) is 13.9. The number of anilines is 3. The van der Waals surface area contributed by atoms with Crippen molar-refractivity contribution in [2.45, 2.75) is 6.92 Å². The Morgan fingerprint density at radius 3 is 2.61 bits per heavy atom. The Morgan fingerprint density at radius 1 is 1.22 bits per heavy atom. The number of nitrogens with one attached hydrogen (secondary N) is 1. The molecular formula is C13H13N3O2. The van der Waals surface area contributed by atoms with Crippen molar-refractivity contribution in [2.24, 2.45) is 0 Å². The molecule has 0 amide bonds. The number of rotatable bonds is 3. The average molecular weight is 243 g/mol. The fraction of sp³-hybridized carbons (Fsp3) is 0.0769. The largest absolute Gasteiger partial charge is 0.398 e. The van der Waals surface area contributed by atoms with E-state index in [1.807, 2.05) is 19.1 Å². The van der Waals surface area contributed by atoms with Gasteiger partial charge in [-0.05, 0) is 30.7 Å². The highest BCUT2D eigenvalue weighted by molar-refractivity contribution is 5.71. The summed E-state index contributed by atoms with van der Waals surface area (Å²) in [5.74, 6) is 0. The van der Waals surface area contributed by atoms with Crippen LogP contribution in [0.15, 0.2) is 42.5 Å². The van der Waals surface area contributed by atoms with Gasteiger partial charge < -0.3 is 11.1 Å². The quantitative estimate of drug-likeness (QED) is 0.492. The Kier molecular flexibility index (Phi) is 3.14. The van der Waals surface area contributed by atoms with Crippen LogP contribution in [-0.2, 0) is 0 Å². The molecular weight excluding hydrogens is 230 g/mol. The molecule has 0 radical (unpaired) electrons. The maximum absolute atomic E-state index is 10.9. The fourth-order valence-corrected chi connectivity index (χ4v) is 1.61. The van der Waals surface area contributed by atoms with E-state index in [9.17, 15) is 10.1 Å². The maximum Gasteiger partial charge on any atom is 0.292 e. The summed E-state index contributed by atoms with van der Waals surface area (Å²) in [6.07, 6.45) is 0. The molecule has 3 N–H and O–H groups in total. The number of nitrogen functional groups attached to an aromatic ring is 1. The van der Waals surface area contributed by atoms with Crippen LogP contribution < -0.4 is 11.1 Å². The summed E-state index contributed by atoms with van der Waals surface area (Å²) in [4.78, 5) is 10.5. The third kappa shape index (κ3) is 2.40. The summed E-state index contributed by atoms with van der Waals surface area (Å²) in [6, 6.07) is 12.0. The van der Waals surface area contributed by atoms with Crippen LogP contribution >= 0.6 is 0 Å². The second-order valence-corrected chi connectivity index (χ2v) is 3.97. The lowest BCUT2D eigenvalue weighted by atomic mass is 10.2. The smallest absolute Gasteiger partial charge is 0.292 e. The van der Waals surface area contributed by atoms with Gasteiger partial charge in [-0.15, -0.1) is 0 Å². The Bertz CT molecular complexity index is 597. The molecule has 2 aromatic rings. The molecule has 2 rings (SSSR count). The van der Waals surface area contributed by atoms with E-state index in [4.69, 9.17) is 5.73 Å². The Labute approximate surface area is 104 Å². The predicted octanol–water partition coefficient (Wildman–Crippen LogP) is 3.23. The molecule has 0 saturated carbocycles. The Morgan fingerprint density at radius 2 is 1.94 bits per heavy atom. The van der Waals surface area contributed by atoms with E-state index in [0.29, 0.717) is 11.4 Å². The molecule has 5 nitrogen and oxygen atoms in total. The van der Waals surface area contributed by atoms with Gasteiger partial charge in [-0.1, -0.05) is 18.2 Å². The molecule has 0 aromatic heterocycles. The summed E-state index contributed by atoms with van der Waals surface area (Å²) in [7, 11) is 0. The maximum atomic E-state index is 10.9. The summed E-state index contributed by atoms with van der Waals surface area (Å²) < 4.78 is 0. The minimum Gasteiger partial charge on any atom is -0.398 e. The highest BCUT2D eigenvalue weighted by Crippen LogP contribution is 2.28. The van der Waals surface area contributed by atoms with Crippen molar-refractivity contribution >= 4 is 22.7 Å². The molecule has 0 aliphatic carbocycles. The van der Waals surface area contributed by atoms with Crippen LogP contribution in [0.25, 0.3) is 0 Å². The molecule has 0 aliphatic rings. The Hall–Kier alpha value is -2.56. The van der Waals surface area contributed by atoms with E-state index in [0.717, 1.165) is 11.3 Å². The molecule has 0 fully saturated rings. The molecule has 0 aliphatic heterocycles. The topological polar surface area (TPSA) is 81.2 Å². The molecule has 92 valence electrons. The zero-order valence-electron chi connectivity index (χ0n) is 9.88. The minimum atomic E-state index is -0.417. The van der Waals surface area contributed by atoms with Crippen molar-refractivity contribution in [3.63, 3.8) is 0 Å². The third-order valence-electron chi connectivity index (χ3n) is 2.66. The second-order valence-electron chi connectivity index (χ2n) is 3.97. The van der Waals surface area contributed by atoms with E-state index < -0.39 is 4.92 Å². The highest BCUT2D eigenvalue weighted by Gasteiger charge is 2.12. The molecule has 0 saturated heterocycles. The van der Waals surface area contributed by atoms with Crippen molar-refractivity contribution in [3.05, 3.63) is 58.1 Å². The second kappa shape index (κ2) is 4.75. The van der Waals surface area contributed by atoms with Gasteiger partial charge in [0.1, 0.15) is 5.69 Å². The number of nitro groups is 1. The third-order valence-corrected chi connectivity index (χ3v) is 2.66. The van der Waals surface area contributed by atoms with Crippen molar-refractivity contribution in [1.82, 2.24) is 0 Å². The molecule has 0 heterocycles. The first kappa shape index (κ1) is 11.9. The van der Waals surface area contributed by atoms with Crippen molar-refractivity contribution in [2.75, 3.05) is 11.1 Å². The van der Waals surface area contributed by atoms with Crippen LogP contribution in [0.2, 0.25) is 0 Å². The van der Waals surface area contributed by atoms with Crippen LogP contribution in [-0.4, -0.2) is 4.92 Å². The van der Waals surface area contributed by atoms with Crippen LogP contribution in [0.1, 0.15) is 5.56 Å². The van der Waals surface area contributed by atoms with Gasteiger partial charge in [-0.3, -0.25) is 10.1 Å². The lowest BCUT2D eigenvalue weighted by Gasteiger charge is -2.08. The molecule has 0 bridgehead atoms. The number of benzene rings is 2. The zero-order valence-corrected chi connectivity index (χ0v) is 9.88. The molecule has 0 spiro atoms. The Balaban J connectivity index is 2.34. The van der Waals surface area contributed by atoms with Crippen molar-refractivity contribution < 1.29 is 4.92 Å². The van der Waals surface area contributed by atoms with Crippen LogP contribution in [0.3, 0.4) is 0 Å². The van der Waals surface area contributed by atoms with Crippen LogP contribution in [0, 0.1) is 17.0 Å². The van der Waals surface area contributed by atoms with Crippen LogP contribution in [0.5, 0.6) is 0 Å². The van der Waals surface area contributed by atoms with Gasteiger partial charge in [-0.2, -0.15) is 0 Å². The lowest BCUT2D eigenvalue weighted by Crippen LogP contribution is -1.98. The standard InChI is InChI=1S/C13H13N3O2/c1-9-6-7-10(8-11(9)14)15-12-4-2-3-5-13(12)16(17)18/h2-8,15H,14H2,1H3. The van der Waals surface area contributed by atoms with E-state index in [2.05, 4.69) is 5.32 Å². The molecule has 0 atom stereocenters. The van der Waals surface area contributed by atoms with E-state index >= 15 is 0 Å². The van der Waals surface area contributed by atoms with Crippen molar-refractivity contribution in [3.8, 4) is 0 Å². The zero-order chi connectivity index (χ0) is 13.1. The number of para-hydroxylation sites is 2. The molecule has 18 heavy (non-hydrogen) atoms. The predicted molar refractivity (Wildman–Crippen MR) is 72.0 cm³/mol. The molecule has 0 unspecified atom stereocenters.